The Morgan fingerprint density at radius 2 is 1.60 bits per heavy atom. The Balaban J connectivity index is 0.933. The molecular formula is C39H39N7O2. The molecule has 48 heavy (non-hydrogen) atoms. The van der Waals surface area contributed by atoms with Crippen LogP contribution in [0.5, 0.6) is 5.75 Å². The number of nitrogens with zero attached hydrogens (tertiary/aromatic N) is 7. The van der Waals surface area contributed by atoms with Crippen molar-refractivity contribution >= 4 is 28.3 Å². The van der Waals surface area contributed by atoms with Gasteiger partial charge >= 0.3 is 0 Å². The van der Waals surface area contributed by atoms with E-state index < -0.39 is 0 Å². The van der Waals surface area contributed by atoms with E-state index in [9.17, 15) is 9.90 Å². The smallest absolute Gasteiger partial charge is 0.225 e. The van der Waals surface area contributed by atoms with Crippen LogP contribution in [0.25, 0.3) is 39.1 Å². The average molecular weight is 638 g/mol. The number of amides is 1. The van der Waals surface area contributed by atoms with E-state index in [4.69, 9.17) is 4.98 Å². The van der Waals surface area contributed by atoms with Gasteiger partial charge in [-0.2, -0.15) is 9.61 Å². The number of hydrogen-bond acceptors (Lipinski definition) is 7. The molecule has 9 nitrogen and oxygen atoms in total. The molecule has 0 spiro atoms. The minimum Gasteiger partial charge on any atom is -0.508 e. The average Bonchev–Trinajstić information content (AvgIpc) is 3.53. The van der Waals surface area contributed by atoms with Gasteiger partial charge in [-0.1, -0.05) is 60.7 Å². The third-order valence-electron chi connectivity index (χ3n) is 9.82. The van der Waals surface area contributed by atoms with Crippen LogP contribution in [0.15, 0.2) is 97.2 Å². The summed E-state index contributed by atoms with van der Waals surface area (Å²) in [6.45, 7) is 7.69. The number of benzene rings is 3. The van der Waals surface area contributed by atoms with E-state index in [1.165, 1.54) is 5.56 Å². The molecule has 2 fully saturated rings. The zero-order chi connectivity index (χ0) is 32.6. The highest BCUT2D eigenvalue weighted by Crippen LogP contribution is 2.34. The zero-order valence-electron chi connectivity index (χ0n) is 27.2. The molecule has 1 amide bonds. The highest BCUT2D eigenvalue weighted by molar-refractivity contribution is 5.90. The molecule has 0 atom stereocenters. The molecule has 9 heteroatoms. The van der Waals surface area contributed by atoms with Crippen molar-refractivity contribution in [3.63, 3.8) is 0 Å². The fourth-order valence-corrected chi connectivity index (χ4v) is 7.21. The van der Waals surface area contributed by atoms with Gasteiger partial charge in [0.15, 0.2) is 11.3 Å². The lowest BCUT2D eigenvalue weighted by Crippen LogP contribution is -2.51. The Hall–Kier alpha value is -5.28. The molecule has 0 radical (unpaired) electrons. The predicted molar refractivity (Wildman–Crippen MR) is 189 cm³/mol. The molecule has 1 N–H and O–H groups in total. The summed E-state index contributed by atoms with van der Waals surface area (Å²) < 4.78 is 1.84. The van der Waals surface area contributed by atoms with Crippen LogP contribution in [0.3, 0.4) is 0 Å². The molecule has 6 aromatic rings. The Labute approximate surface area is 280 Å². The van der Waals surface area contributed by atoms with Crippen molar-refractivity contribution in [3.05, 3.63) is 108 Å². The fourth-order valence-electron chi connectivity index (χ4n) is 7.21. The molecular weight excluding hydrogens is 598 g/mol. The predicted octanol–water partition coefficient (Wildman–Crippen LogP) is 6.19. The topological polar surface area (TPSA) is 90.1 Å². The molecule has 242 valence electrons. The minimum absolute atomic E-state index is 0.0894. The van der Waals surface area contributed by atoms with Gasteiger partial charge in [-0.15, -0.1) is 0 Å². The number of aryl methyl sites for hydroxylation is 1. The second-order valence-corrected chi connectivity index (χ2v) is 13.1. The van der Waals surface area contributed by atoms with Gasteiger partial charge in [0.25, 0.3) is 0 Å². The van der Waals surface area contributed by atoms with E-state index in [2.05, 4.69) is 74.5 Å². The summed E-state index contributed by atoms with van der Waals surface area (Å²) in [6.07, 6.45) is 3.66. The number of fused-ring (bicyclic) bond motifs is 3. The van der Waals surface area contributed by atoms with Gasteiger partial charge in [-0.25, -0.2) is 9.97 Å². The van der Waals surface area contributed by atoms with Crippen LogP contribution in [0, 0.1) is 12.8 Å². The Bertz CT molecular complexity index is 2080. The summed E-state index contributed by atoms with van der Waals surface area (Å²) in [4.78, 5) is 30.0. The first-order chi connectivity index (χ1) is 23.5. The number of pyridine rings is 1. The van der Waals surface area contributed by atoms with E-state index in [-0.39, 0.29) is 11.7 Å². The van der Waals surface area contributed by atoms with Crippen LogP contribution in [-0.2, 0) is 11.3 Å². The van der Waals surface area contributed by atoms with Crippen molar-refractivity contribution in [2.24, 2.45) is 5.92 Å². The first-order valence-corrected chi connectivity index (χ1v) is 16.8. The third-order valence-corrected chi connectivity index (χ3v) is 9.82. The molecule has 0 unspecified atom stereocenters. The molecule has 3 aromatic heterocycles. The fraction of sp³-hybridized carbons (Fsp3) is 0.282. The maximum Gasteiger partial charge on any atom is 0.225 e. The Morgan fingerprint density at radius 1 is 0.833 bits per heavy atom. The van der Waals surface area contributed by atoms with E-state index in [1.807, 2.05) is 46.8 Å². The Morgan fingerprint density at radius 3 is 2.35 bits per heavy atom. The molecule has 2 aliphatic rings. The number of hydrogen-bond donors (Lipinski definition) is 1. The van der Waals surface area contributed by atoms with E-state index in [0.29, 0.717) is 5.91 Å². The number of piperidine rings is 1. The minimum atomic E-state index is 0.0894. The van der Waals surface area contributed by atoms with Crippen molar-refractivity contribution in [1.29, 1.82) is 0 Å². The zero-order valence-corrected chi connectivity index (χ0v) is 27.2. The highest BCUT2D eigenvalue weighted by atomic mass is 16.3. The van der Waals surface area contributed by atoms with Crippen molar-refractivity contribution < 1.29 is 9.90 Å². The maximum absolute atomic E-state index is 13.4. The Kier molecular flexibility index (Phi) is 7.98. The van der Waals surface area contributed by atoms with Crippen LogP contribution in [0.2, 0.25) is 0 Å². The second-order valence-electron chi connectivity index (χ2n) is 13.1. The lowest BCUT2D eigenvalue weighted by atomic mass is 9.94. The summed E-state index contributed by atoms with van der Waals surface area (Å²) >= 11 is 0. The molecule has 5 heterocycles. The lowest BCUT2D eigenvalue weighted by molar-refractivity contribution is -0.137. The van der Waals surface area contributed by atoms with Crippen LogP contribution in [0.1, 0.15) is 24.1 Å². The summed E-state index contributed by atoms with van der Waals surface area (Å²) in [5, 5.41) is 15.5. The third kappa shape index (κ3) is 5.97. The standard InChI is InChI=1S/C39H39N7O2/c1-27-22-36-40-25-32-23-35(29-6-3-2-4-7-29)37(41-38(32)46(36)42-27)30-12-10-28(11-13-30)26-43-16-14-31(15-17-43)39(48)45-20-18-44(19-21-45)33-8-5-9-34(47)24-33/h2-13,22-25,31,47H,14-21,26H2,1H3. The van der Waals surface area contributed by atoms with Gasteiger partial charge in [-0.3, -0.25) is 9.69 Å². The van der Waals surface area contributed by atoms with Crippen molar-refractivity contribution in [1.82, 2.24) is 29.4 Å². The number of likely N-dealkylation sites (tertiary alicyclic amines) is 1. The summed E-state index contributed by atoms with van der Waals surface area (Å²) in [5.41, 5.74) is 8.91. The molecule has 0 saturated carbocycles. The number of anilines is 1. The van der Waals surface area contributed by atoms with E-state index >= 15 is 0 Å². The van der Waals surface area contributed by atoms with Crippen LogP contribution >= 0.6 is 0 Å². The number of rotatable bonds is 6. The number of phenolic OH excluding ortho intramolecular Hbond substituents is 1. The van der Waals surface area contributed by atoms with Gasteiger partial charge < -0.3 is 14.9 Å². The summed E-state index contributed by atoms with van der Waals surface area (Å²) in [6, 6.07) is 30.7. The highest BCUT2D eigenvalue weighted by Gasteiger charge is 2.30. The molecule has 3 aromatic carbocycles. The quantitative estimate of drug-likeness (QED) is 0.233. The molecule has 2 saturated heterocycles. The number of aromatic nitrogens is 4. The summed E-state index contributed by atoms with van der Waals surface area (Å²) in [5.74, 6) is 0.661. The van der Waals surface area contributed by atoms with Crippen molar-refractivity contribution in [2.45, 2.75) is 26.3 Å². The van der Waals surface area contributed by atoms with Crippen LogP contribution in [-0.4, -0.2) is 79.7 Å². The number of phenols is 1. The number of carbonyl (C=O) groups is 1. The van der Waals surface area contributed by atoms with Gasteiger partial charge in [0.05, 0.1) is 11.4 Å². The molecule has 2 aliphatic heterocycles. The second kappa shape index (κ2) is 12.7. The molecule has 8 rings (SSSR count). The maximum atomic E-state index is 13.4. The summed E-state index contributed by atoms with van der Waals surface area (Å²) in [7, 11) is 0. The van der Waals surface area contributed by atoms with E-state index in [1.54, 1.807) is 12.1 Å². The van der Waals surface area contributed by atoms with Crippen molar-refractivity contribution in [3.8, 4) is 28.1 Å². The van der Waals surface area contributed by atoms with Gasteiger partial charge in [0.2, 0.25) is 5.91 Å². The number of piperazine rings is 1. The normalized spacial score (nSPS) is 16.2. The first-order valence-electron chi connectivity index (χ1n) is 16.8. The molecule has 0 aliphatic carbocycles. The number of aromatic hydroxyl groups is 1. The first kappa shape index (κ1) is 30.1. The number of carbonyl (C=O) groups excluding carboxylic acids is 1. The van der Waals surface area contributed by atoms with Crippen LogP contribution in [0.4, 0.5) is 5.69 Å². The van der Waals surface area contributed by atoms with Crippen LogP contribution < -0.4 is 4.90 Å². The van der Waals surface area contributed by atoms with Gasteiger partial charge in [0, 0.05) is 79.2 Å². The lowest BCUT2D eigenvalue weighted by Gasteiger charge is -2.39. The van der Waals surface area contributed by atoms with Crippen molar-refractivity contribution in [2.75, 3.05) is 44.2 Å². The monoisotopic (exact) mass is 637 g/mol. The largest absolute Gasteiger partial charge is 0.508 e. The van der Waals surface area contributed by atoms with Gasteiger partial charge in [-0.05, 0) is 62.2 Å². The SMILES string of the molecule is Cc1cc2ncc3cc(-c4ccccc4)c(-c4ccc(CN5CCC(C(=O)N6CCN(c7cccc(O)c7)CC6)CC5)cc4)nc3n2n1. The van der Waals surface area contributed by atoms with Gasteiger partial charge in [0.1, 0.15) is 5.75 Å². The van der Waals surface area contributed by atoms with E-state index in [0.717, 1.165) is 109 Å². The molecule has 0 bridgehead atoms.